The second-order valence-corrected chi connectivity index (χ2v) is 9.07. The molecule has 0 saturated heterocycles. The topological polar surface area (TPSA) is 81.9 Å². The van der Waals surface area contributed by atoms with Gasteiger partial charge in [0.1, 0.15) is 5.75 Å². The first kappa shape index (κ1) is 20.1. The van der Waals surface area contributed by atoms with Crippen molar-refractivity contribution in [2.45, 2.75) is 36.9 Å². The Morgan fingerprint density at radius 1 is 1.10 bits per heavy atom. The number of amides is 1. The van der Waals surface area contributed by atoms with E-state index >= 15 is 0 Å². The lowest BCUT2D eigenvalue weighted by atomic mass is 10.1. The average molecular weight is 436 g/mol. The fraction of sp³-hybridized carbons (Fsp3) is 0.391. The van der Waals surface area contributed by atoms with Crippen molar-refractivity contribution in [2.24, 2.45) is 11.8 Å². The third-order valence-corrected chi connectivity index (χ3v) is 6.75. The molecule has 0 aliphatic heterocycles. The number of rotatable bonds is 9. The van der Waals surface area contributed by atoms with Crippen LogP contribution in [0.4, 0.5) is 0 Å². The first-order valence-electron chi connectivity index (χ1n) is 10.7. The Kier molecular flexibility index (Phi) is 5.63. The maximum Gasteiger partial charge on any atom is 0.230 e. The van der Waals surface area contributed by atoms with Crippen LogP contribution in [0.5, 0.6) is 5.75 Å². The third-order valence-electron chi connectivity index (χ3n) is 5.82. The molecule has 7 nitrogen and oxygen atoms in total. The van der Waals surface area contributed by atoms with E-state index in [2.05, 4.69) is 20.5 Å². The molecule has 0 atom stereocenters. The van der Waals surface area contributed by atoms with Crippen LogP contribution in [-0.2, 0) is 4.79 Å². The van der Waals surface area contributed by atoms with Crippen LogP contribution in [0.1, 0.15) is 25.7 Å². The normalized spacial score (nSPS) is 15.8. The highest BCUT2D eigenvalue weighted by Gasteiger charge is 2.42. The summed E-state index contributed by atoms with van der Waals surface area (Å²) in [7, 11) is 1.65. The molecule has 2 saturated carbocycles. The van der Waals surface area contributed by atoms with Gasteiger partial charge in [-0.3, -0.25) is 14.3 Å². The Bertz CT molecular complexity index is 1030. The van der Waals surface area contributed by atoms with Crippen molar-refractivity contribution >= 4 is 17.7 Å². The minimum atomic E-state index is 0.0727. The van der Waals surface area contributed by atoms with Crippen molar-refractivity contribution in [1.82, 2.24) is 25.1 Å². The summed E-state index contributed by atoms with van der Waals surface area (Å²) in [5, 5.41) is 12.8. The fourth-order valence-electron chi connectivity index (χ4n) is 3.90. The predicted octanol–water partition coefficient (Wildman–Crippen LogP) is 3.73. The van der Waals surface area contributed by atoms with Crippen molar-refractivity contribution in [2.75, 3.05) is 12.9 Å². The number of ether oxygens (including phenoxy) is 1. The Morgan fingerprint density at radius 3 is 2.39 bits per heavy atom. The van der Waals surface area contributed by atoms with E-state index in [4.69, 9.17) is 4.74 Å². The summed E-state index contributed by atoms with van der Waals surface area (Å²) in [6, 6.07) is 11.9. The molecule has 1 N–H and O–H groups in total. The molecule has 31 heavy (non-hydrogen) atoms. The van der Waals surface area contributed by atoms with E-state index in [0.29, 0.717) is 34.6 Å². The number of hydrogen-bond donors (Lipinski definition) is 1. The Morgan fingerprint density at radius 2 is 1.77 bits per heavy atom. The number of nitrogens with zero attached hydrogens (tertiary/aromatic N) is 4. The molecule has 0 radical (unpaired) electrons. The van der Waals surface area contributed by atoms with Crippen LogP contribution in [0.25, 0.3) is 17.1 Å². The van der Waals surface area contributed by atoms with E-state index in [9.17, 15) is 4.79 Å². The lowest BCUT2D eigenvalue weighted by molar-refractivity contribution is -0.119. The molecule has 0 unspecified atom stereocenters. The average Bonchev–Trinajstić information content (AvgIpc) is 3.74. The van der Waals surface area contributed by atoms with Gasteiger partial charge in [0, 0.05) is 29.7 Å². The third kappa shape index (κ3) is 4.58. The van der Waals surface area contributed by atoms with Crippen molar-refractivity contribution < 1.29 is 9.53 Å². The number of nitrogens with one attached hydrogen (secondary N) is 1. The number of thioether (sulfide) groups is 1. The highest BCUT2D eigenvalue weighted by Crippen LogP contribution is 2.44. The Labute approximate surface area is 185 Å². The SMILES string of the molecule is COc1ccc(-n2c(SCC(=O)NC(C3CC3)C3CC3)nnc2-c2ccncc2)cc1. The van der Waals surface area contributed by atoms with Crippen molar-refractivity contribution in [3.63, 3.8) is 0 Å². The monoisotopic (exact) mass is 435 g/mol. The van der Waals surface area contributed by atoms with Gasteiger partial charge < -0.3 is 10.1 Å². The standard InChI is InChI=1S/C23H25N5O2S/c1-30-19-8-6-18(7-9-19)28-22(17-10-12-24-13-11-17)26-27-23(28)31-14-20(29)25-21(15-2-3-15)16-4-5-16/h6-13,15-16,21H,2-5,14H2,1H3,(H,25,29). The van der Waals surface area contributed by atoms with Gasteiger partial charge in [-0.25, -0.2) is 0 Å². The van der Waals surface area contributed by atoms with Crippen molar-refractivity contribution in [3.8, 4) is 22.8 Å². The molecule has 1 amide bonds. The molecule has 2 heterocycles. The molecule has 3 aromatic rings. The Hall–Kier alpha value is -2.87. The number of methoxy groups -OCH3 is 1. The molecule has 2 aromatic heterocycles. The van der Waals surface area contributed by atoms with E-state index in [-0.39, 0.29) is 5.91 Å². The van der Waals surface area contributed by atoms with Gasteiger partial charge in [-0.05, 0) is 73.9 Å². The largest absolute Gasteiger partial charge is 0.497 e. The summed E-state index contributed by atoms with van der Waals surface area (Å²) in [4.78, 5) is 16.8. The number of aromatic nitrogens is 4. The fourth-order valence-corrected chi connectivity index (χ4v) is 4.67. The summed E-state index contributed by atoms with van der Waals surface area (Å²) in [6.45, 7) is 0. The van der Waals surface area contributed by atoms with Crippen LogP contribution in [0, 0.1) is 11.8 Å². The second-order valence-electron chi connectivity index (χ2n) is 8.13. The maximum absolute atomic E-state index is 12.7. The summed E-state index contributed by atoms with van der Waals surface area (Å²) in [5.74, 6) is 3.25. The number of benzene rings is 1. The van der Waals surface area contributed by atoms with Crippen LogP contribution in [0.15, 0.2) is 53.9 Å². The summed E-state index contributed by atoms with van der Waals surface area (Å²) < 4.78 is 7.27. The van der Waals surface area contributed by atoms with Gasteiger partial charge in [0.05, 0.1) is 12.9 Å². The zero-order valence-electron chi connectivity index (χ0n) is 17.4. The van der Waals surface area contributed by atoms with Crippen molar-refractivity contribution in [3.05, 3.63) is 48.8 Å². The van der Waals surface area contributed by atoms with Gasteiger partial charge in [-0.2, -0.15) is 0 Å². The Balaban J connectivity index is 1.37. The van der Waals surface area contributed by atoms with Gasteiger partial charge in [-0.15, -0.1) is 10.2 Å². The van der Waals surface area contributed by atoms with Gasteiger partial charge >= 0.3 is 0 Å². The molecule has 160 valence electrons. The van der Waals surface area contributed by atoms with Gasteiger partial charge in [0.15, 0.2) is 11.0 Å². The number of pyridine rings is 1. The number of carbonyl (C=O) groups excluding carboxylic acids is 1. The van der Waals surface area contributed by atoms with Gasteiger partial charge in [0.2, 0.25) is 5.91 Å². The molecule has 2 fully saturated rings. The highest BCUT2D eigenvalue weighted by atomic mass is 32.2. The van der Waals surface area contributed by atoms with E-state index in [1.165, 1.54) is 37.4 Å². The van der Waals surface area contributed by atoms with Crippen LogP contribution < -0.4 is 10.1 Å². The molecule has 0 spiro atoms. The van der Waals surface area contributed by atoms with E-state index < -0.39 is 0 Å². The van der Waals surface area contributed by atoms with Gasteiger partial charge in [-0.1, -0.05) is 11.8 Å². The minimum Gasteiger partial charge on any atom is -0.497 e. The zero-order chi connectivity index (χ0) is 21.2. The molecule has 1 aromatic carbocycles. The summed E-state index contributed by atoms with van der Waals surface area (Å²) in [5.41, 5.74) is 1.83. The first-order valence-corrected chi connectivity index (χ1v) is 11.6. The molecule has 8 heteroatoms. The second kappa shape index (κ2) is 8.70. The molecule has 2 aliphatic rings. The van der Waals surface area contributed by atoms with E-state index in [1.807, 2.05) is 41.0 Å². The maximum atomic E-state index is 12.7. The van der Waals surface area contributed by atoms with Crippen LogP contribution in [-0.4, -0.2) is 44.6 Å². The molecule has 0 bridgehead atoms. The molecule has 2 aliphatic carbocycles. The zero-order valence-corrected chi connectivity index (χ0v) is 18.2. The molecular weight excluding hydrogens is 410 g/mol. The smallest absolute Gasteiger partial charge is 0.230 e. The first-order chi connectivity index (χ1) is 15.2. The summed E-state index contributed by atoms with van der Waals surface area (Å²) >= 11 is 1.41. The molecular formula is C23H25N5O2S. The van der Waals surface area contributed by atoms with Gasteiger partial charge in [0.25, 0.3) is 0 Å². The van der Waals surface area contributed by atoms with Crippen molar-refractivity contribution in [1.29, 1.82) is 0 Å². The van der Waals surface area contributed by atoms with Crippen LogP contribution >= 0.6 is 11.8 Å². The minimum absolute atomic E-state index is 0.0727. The lowest BCUT2D eigenvalue weighted by Crippen LogP contribution is -2.39. The number of carbonyl (C=O) groups is 1. The number of hydrogen-bond acceptors (Lipinski definition) is 6. The van der Waals surface area contributed by atoms with Crippen LogP contribution in [0.3, 0.4) is 0 Å². The quantitative estimate of drug-likeness (QED) is 0.516. The molecule has 5 rings (SSSR count). The van der Waals surface area contributed by atoms with Crippen LogP contribution in [0.2, 0.25) is 0 Å². The predicted molar refractivity (Wildman–Crippen MR) is 119 cm³/mol. The van der Waals surface area contributed by atoms with E-state index in [1.54, 1.807) is 19.5 Å². The summed E-state index contributed by atoms with van der Waals surface area (Å²) in [6.07, 6.45) is 8.45. The highest BCUT2D eigenvalue weighted by molar-refractivity contribution is 7.99. The van der Waals surface area contributed by atoms with E-state index in [0.717, 1.165) is 17.0 Å². The lowest BCUT2D eigenvalue weighted by Gasteiger charge is -2.17.